The van der Waals surface area contributed by atoms with Gasteiger partial charge in [-0.05, 0) is 42.8 Å². The first kappa shape index (κ1) is 14.9. The van der Waals surface area contributed by atoms with E-state index >= 15 is 0 Å². The normalized spacial score (nSPS) is 10.5. The number of carbonyl (C=O) groups is 1. The molecule has 1 N–H and O–H groups in total. The van der Waals surface area contributed by atoms with Crippen molar-refractivity contribution in [1.82, 2.24) is 10.1 Å². The standard InChI is InChI=1S/C17H14FN3O2/c1-11-19-16(23-21-11)10-13-4-2-3-5-15(13)20-17(22)12-6-8-14(18)9-7-12/h2-9H,10H2,1H3,(H,20,22). The third kappa shape index (κ3) is 3.60. The minimum atomic E-state index is -0.381. The van der Waals surface area contributed by atoms with Crippen molar-refractivity contribution in [3.8, 4) is 0 Å². The van der Waals surface area contributed by atoms with Crippen LogP contribution in [0.5, 0.6) is 0 Å². The molecule has 0 atom stereocenters. The van der Waals surface area contributed by atoms with Crippen LogP contribution in [0.3, 0.4) is 0 Å². The average molecular weight is 311 g/mol. The van der Waals surface area contributed by atoms with Gasteiger partial charge in [0.15, 0.2) is 5.82 Å². The highest BCUT2D eigenvalue weighted by molar-refractivity contribution is 6.04. The fourth-order valence-corrected chi connectivity index (χ4v) is 2.17. The molecule has 0 unspecified atom stereocenters. The van der Waals surface area contributed by atoms with Gasteiger partial charge in [0.05, 0.1) is 6.42 Å². The summed E-state index contributed by atoms with van der Waals surface area (Å²) >= 11 is 0. The maximum atomic E-state index is 12.9. The molecule has 1 heterocycles. The lowest BCUT2D eigenvalue weighted by atomic mass is 10.1. The van der Waals surface area contributed by atoms with Crippen molar-refractivity contribution in [1.29, 1.82) is 0 Å². The molecule has 0 radical (unpaired) electrons. The Morgan fingerprint density at radius 2 is 1.91 bits per heavy atom. The maximum absolute atomic E-state index is 12.9. The zero-order valence-corrected chi connectivity index (χ0v) is 12.4. The molecular formula is C17H14FN3O2. The van der Waals surface area contributed by atoms with Crippen LogP contribution < -0.4 is 5.32 Å². The van der Waals surface area contributed by atoms with Gasteiger partial charge >= 0.3 is 0 Å². The second-order valence-corrected chi connectivity index (χ2v) is 5.03. The molecule has 3 rings (SSSR count). The first-order valence-electron chi connectivity index (χ1n) is 7.06. The van der Waals surface area contributed by atoms with Crippen LogP contribution in [0.1, 0.15) is 27.6 Å². The third-order valence-electron chi connectivity index (χ3n) is 3.28. The van der Waals surface area contributed by atoms with Crippen LogP contribution in [-0.4, -0.2) is 16.0 Å². The predicted molar refractivity (Wildman–Crippen MR) is 82.6 cm³/mol. The molecule has 0 aliphatic rings. The van der Waals surface area contributed by atoms with Gasteiger partial charge in [0.2, 0.25) is 5.89 Å². The predicted octanol–water partition coefficient (Wildman–Crippen LogP) is 3.36. The highest BCUT2D eigenvalue weighted by atomic mass is 19.1. The zero-order valence-electron chi connectivity index (χ0n) is 12.4. The van der Waals surface area contributed by atoms with E-state index in [4.69, 9.17) is 4.52 Å². The summed E-state index contributed by atoms with van der Waals surface area (Å²) in [5.41, 5.74) is 1.89. The molecule has 6 heteroatoms. The lowest BCUT2D eigenvalue weighted by molar-refractivity contribution is 0.102. The first-order chi connectivity index (χ1) is 11.1. The van der Waals surface area contributed by atoms with E-state index in [1.54, 1.807) is 13.0 Å². The molecule has 0 saturated heterocycles. The number of benzene rings is 2. The summed E-state index contributed by atoms with van der Waals surface area (Å²) in [6.45, 7) is 1.75. The van der Waals surface area contributed by atoms with Gasteiger partial charge in [0.25, 0.3) is 5.91 Å². The highest BCUT2D eigenvalue weighted by Crippen LogP contribution is 2.19. The van der Waals surface area contributed by atoms with Gasteiger partial charge in [-0.25, -0.2) is 4.39 Å². The number of rotatable bonds is 4. The van der Waals surface area contributed by atoms with E-state index in [9.17, 15) is 9.18 Å². The average Bonchev–Trinajstić information content (AvgIpc) is 2.95. The van der Waals surface area contributed by atoms with Gasteiger partial charge in [-0.1, -0.05) is 23.4 Å². The Labute approximate surface area is 132 Å². The summed E-state index contributed by atoms with van der Waals surface area (Å²) < 4.78 is 18.0. The summed E-state index contributed by atoms with van der Waals surface area (Å²) in [4.78, 5) is 16.4. The minimum Gasteiger partial charge on any atom is -0.339 e. The molecule has 0 aliphatic heterocycles. The van der Waals surface area contributed by atoms with Gasteiger partial charge in [0, 0.05) is 11.3 Å². The fraction of sp³-hybridized carbons (Fsp3) is 0.118. The number of para-hydroxylation sites is 1. The van der Waals surface area contributed by atoms with E-state index in [-0.39, 0.29) is 11.7 Å². The van der Waals surface area contributed by atoms with Crippen molar-refractivity contribution in [3.63, 3.8) is 0 Å². The molecule has 1 aromatic heterocycles. The number of carbonyl (C=O) groups excluding carboxylic acids is 1. The Morgan fingerprint density at radius 3 is 2.61 bits per heavy atom. The summed E-state index contributed by atoms with van der Waals surface area (Å²) in [5, 5.41) is 6.57. The van der Waals surface area contributed by atoms with Crippen molar-refractivity contribution in [3.05, 3.63) is 77.2 Å². The number of hydrogen-bond donors (Lipinski definition) is 1. The molecule has 116 valence electrons. The Bertz CT molecular complexity index is 828. The Kier molecular flexibility index (Phi) is 4.14. The molecule has 0 bridgehead atoms. The first-order valence-corrected chi connectivity index (χ1v) is 7.06. The van der Waals surface area contributed by atoms with Gasteiger partial charge in [0.1, 0.15) is 5.82 Å². The summed E-state index contributed by atoms with van der Waals surface area (Å²) in [6, 6.07) is 12.7. The number of nitrogens with zero attached hydrogens (tertiary/aromatic N) is 2. The van der Waals surface area contributed by atoms with E-state index < -0.39 is 0 Å². The lowest BCUT2D eigenvalue weighted by Crippen LogP contribution is -2.13. The number of anilines is 1. The summed E-state index contributed by atoms with van der Waals surface area (Å²) in [6.07, 6.45) is 0.417. The zero-order chi connectivity index (χ0) is 16.2. The van der Waals surface area contributed by atoms with Crippen LogP contribution in [0, 0.1) is 12.7 Å². The molecule has 0 aliphatic carbocycles. The number of aryl methyl sites for hydroxylation is 1. The summed E-state index contributed by atoms with van der Waals surface area (Å²) in [5.74, 6) is 0.353. The number of nitrogens with one attached hydrogen (secondary N) is 1. The largest absolute Gasteiger partial charge is 0.339 e. The van der Waals surface area contributed by atoms with E-state index in [1.165, 1.54) is 24.3 Å². The van der Waals surface area contributed by atoms with Crippen LogP contribution in [0.4, 0.5) is 10.1 Å². The second kappa shape index (κ2) is 6.39. The maximum Gasteiger partial charge on any atom is 0.255 e. The third-order valence-corrected chi connectivity index (χ3v) is 3.28. The van der Waals surface area contributed by atoms with Crippen LogP contribution in [0.15, 0.2) is 53.1 Å². The SMILES string of the molecule is Cc1noc(Cc2ccccc2NC(=O)c2ccc(F)cc2)n1. The van der Waals surface area contributed by atoms with Gasteiger partial charge in [-0.2, -0.15) is 4.98 Å². The quantitative estimate of drug-likeness (QED) is 0.802. The molecule has 1 amide bonds. The van der Waals surface area contributed by atoms with E-state index in [1.807, 2.05) is 18.2 Å². The summed E-state index contributed by atoms with van der Waals surface area (Å²) in [7, 11) is 0. The van der Waals surface area contributed by atoms with Crippen LogP contribution in [0.25, 0.3) is 0 Å². The Balaban J connectivity index is 1.80. The molecule has 0 spiro atoms. The van der Waals surface area contributed by atoms with Gasteiger partial charge < -0.3 is 9.84 Å². The molecule has 3 aromatic rings. The highest BCUT2D eigenvalue weighted by Gasteiger charge is 2.11. The minimum absolute atomic E-state index is 0.306. The molecule has 0 saturated carbocycles. The topological polar surface area (TPSA) is 68.0 Å². The second-order valence-electron chi connectivity index (χ2n) is 5.03. The Hall–Kier alpha value is -3.02. The number of amides is 1. The van der Waals surface area contributed by atoms with E-state index in [2.05, 4.69) is 15.5 Å². The van der Waals surface area contributed by atoms with E-state index in [0.29, 0.717) is 29.4 Å². The van der Waals surface area contributed by atoms with Crippen LogP contribution in [0.2, 0.25) is 0 Å². The van der Waals surface area contributed by atoms with Crippen molar-refractivity contribution in [2.24, 2.45) is 0 Å². The molecule has 5 nitrogen and oxygen atoms in total. The van der Waals surface area contributed by atoms with Gasteiger partial charge in [-0.15, -0.1) is 0 Å². The smallest absolute Gasteiger partial charge is 0.255 e. The molecule has 2 aromatic carbocycles. The van der Waals surface area contributed by atoms with Gasteiger partial charge in [-0.3, -0.25) is 4.79 Å². The lowest BCUT2D eigenvalue weighted by Gasteiger charge is -2.09. The van der Waals surface area contributed by atoms with Crippen LogP contribution in [-0.2, 0) is 6.42 Å². The number of halogens is 1. The Morgan fingerprint density at radius 1 is 1.17 bits per heavy atom. The monoisotopic (exact) mass is 311 g/mol. The van der Waals surface area contributed by atoms with Crippen LogP contribution >= 0.6 is 0 Å². The molecular weight excluding hydrogens is 297 g/mol. The van der Waals surface area contributed by atoms with E-state index in [0.717, 1.165) is 5.56 Å². The van der Waals surface area contributed by atoms with Crippen molar-refractivity contribution >= 4 is 11.6 Å². The van der Waals surface area contributed by atoms with Crippen molar-refractivity contribution < 1.29 is 13.7 Å². The van der Waals surface area contributed by atoms with Crippen molar-refractivity contribution in [2.75, 3.05) is 5.32 Å². The van der Waals surface area contributed by atoms with Crippen molar-refractivity contribution in [2.45, 2.75) is 13.3 Å². The fourth-order valence-electron chi connectivity index (χ4n) is 2.17. The molecule has 23 heavy (non-hydrogen) atoms. The molecule has 0 fully saturated rings. The number of hydrogen-bond acceptors (Lipinski definition) is 4. The number of aromatic nitrogens is 2.